The van der Waals surface area contributed by atoms with E-state index in [1.807, 2.05) is 17.7 Å². The minimum Gasteiger partial charge on any atom is -0.333 e. The van der Waals surface area contributed by atoms with Gasteiger partial charge in [-0.1, -0.05) is 6.92 Å². The molecule has 0 fully saturated rings. The van der Waals surface area contributed by atoms with E-state index < -0.39 is 0 Å². The van der Waals surface area contributed by atoms with Crippen molar-refractivity contribution in [2.75, 3.05) is 6.54 Å². The summed E-state index contributed by atoms with van der Waals surface area (Å²) >= 11 is 0. The minimum absolute atomic E-state index is 0.331. The number of aromatic nitrogens is 2. The van der Waals surface area contributed by atoms with Crippen LogP contribution in [-0.2, 0) is 13.1 Å². The van der Waals surface area contributed by atoms with Gasteiger partial charge in [-0.05, 0) is 30.3 Å². The van der Waals surface area contributed by atoms with Crippen LogP contribution in [0, 0.1) is 17.1 Å². The molecule has 1 N–H and O–H groups in total. The number of halogens is 1. The Labute approximate surface area is 111 Å². The number of benzene rings is 1. The molecule has 0 bridgehead atoms. The van der Waals surface area contributed by atoms with Crippen molar-refractivity contribution in [3.63, 3.8) is 0 Å². The fraction of sp³-hybridized carbons (Fsp3) is 0.286. The molecule has 0 amide bonds. The van der Waals surface area contributed by atoms with Gasteiger partial charge in [0, 0.05) is 19.3 Å². The van der Waals surface area contributed by atoms with Crippen molar-refractivity contribution in [3.05, 3.63) is 53.4 Å². The van der Waals surface area contributed by atoms with Crippen LogP contribution in [0.15, 0.2) is 30.7 Å². The van der Waals surface area contributed by atoms with Crippen LogP contribution < -0.4 is 5.32 Å². The van der Waals surface area contributed by atoms with Crippen LogP contribution >= 0.6 is 0 Å². The summed E-state index contributed by atoms with van der Waals surface area (Å²) in [4.78, 5) is 4.25. The van der Waals surface area contributed by atoms with Gasteiger partial charge in [0.25, 0.3) is 0 Å². The topological polar surface area (TPSA) is 53.6 Å². The van der Waals surface area contributed by atoms with Gasteiger partial charge in [-0.15, -0.1) is 0 Å². The van der Waals surface area contributed by atoms with Crippen LogP contribution in [0.2, 0.25) is 0 Å². The molecule has 0 unspecified atom stereocenters. The summed E-state index contributed by atoms with van der Waals surface area (Å²) in [6.07, 6.45) is 3.59. The molecule has 19 heavy (non-hydrogen) atoms. The highest BCUT2D eigenvalue weighted by molar-refractivity contribution is 5.38. The zero-order valence-electron chi connectivity index (χ0n) is 10.7. The van der Waals surface area contributed by atoms with E-state index in [4.69, 9.17) is 5.26 Å². The Morgan fingerprint density at radius 3 is 3.05 bits per heavy atom. The summed E-state index contributed by atoms with van der Waals surface area (Å²) in [6, 6.07) is 6.26. The fourth-order valence-corrected chi connectivity index (χ4v) is 1.84. The van der Waals surface area contributed by atoms with E-state index in [0.29, 0.717) is 24.2 Å². The molecule has 98 valence electrons. The average molecular weight is 258 g/mol. The van der Waals surface area contributed by atoms with Crippen molar-refractivity contribution >= 4 is 0 Å². The quantitative estimate of drug-likeness (QED) is 0.893. The number of nitrogens with one attached hydrogen (secondary N) is 1. The van der Waals surface area contributed by atoms with E-state index >= 15 is 0 Å². The van der Waals surface area contributed by atoms with Crippen LogP contribution in [0.3, 0.4) is 0 Å². The Bertz CT molecular complexity index is 598. The molecule has 1 aromatic carbocycles. The van der Waals surface area contributed by atoms with Crippen LogP contribution in [-0.4, -0.2) is 16.1 Å². The van der Waals surface area contributed by atoms with E-state index in [1.165, 1.54) is 18.2 Å². The first-order valence-corrected chi connectivity index (χ1v) is 6.13. The van der Waals surface area contributed by atoms with E-state index in [-0.39, 0.29) is 5.82 Å². The molecule has 1 heterocycles. The Morgan fingerprint density at radius 2 is 2.32 bits per heavy atom. The van der Waals surface area contributed by atoms with Gasteiger partial charge in [0.15, 0.2) is 0 Å². The van der Waals surface area contributed by atoms with Crippen LogP contribution in [0.1, 0.15) is 23.7 Å². The number of nitrogens with zero attached hydrogens (tertiary/aromatic N) is 3. The highest BCUT2D eigenvalue weighted by Gasteiger charge is 2.05. The lowest BCUT2D eigenvalue weighted by atomic mass is 10.1. The second kappa shape index (κ2) is 6.12. The normalized spacial score (nSPS) is 10.4. The molecule has 2 rings (SSSR count). The van der Waals surface area contributed by atoms with Gasteiger partial charge in [0.05, 0.1) is 23.7 Å². The van der Waals surface area contributed by atoms with Crippen LogP contribution in [0.4, 0.5) is 4.39 Å². The zero-order chi connectivity index (χ0) is 13.7. The van der Waals surface area contributed by atoms with Crippen molar-refractivity contribution in [3.8, 4) is 6.07 Å². The van der Waals surface area contributed by atoms with Crippen molar-refractivity contribution in [2.24, 2.45) is 0 Å². The molecule has 0 atom stereocenters. The van der Waals surface area contributed by atoms with Crippen LogP contribution in [0.5, 0.6) is 0 Å². The Kier molecular flexibility index (Phi) is 4.26. The Hall–Kier alpha value is -2.19. The lowest BCUT2D eigenvalue weighted by Crippen LogP contribution is -2.11. The van der Waals surface area contributed by atoms with Crippen LogP contribution in [0.25, 0.3) is 0 Å². The fourth-order valence-electron chi connectivity index (χ4n) is 1.84. The standard InChI is InChI=1S/C14H15FN4/c1-2-17-7-14-9-19(10-18-14)8-12-5-13(15)4-3-11(12)6-16/h3-5,9-10,17H,2,7-8H2,1H3. The van der Waals surface area contributed by atoms with Crippen molar-refractivity contribution < 1.29 is 4.39 Å². The third kappa shape index (κ3) is 3.39. The van der Waals surface area contributed by atoms with E-state index in [2.05, 4.69) is 16.4 Å². The van der Waals surface area contributed by atoms with Gasteiger partial charge >= 0.3 is 0 Å². The predicted octanol–water partition coefficient (Wildman–Crippen LogP) is 2.05. The largest absolute Gasteiger partial charge is 0.333 e. The summed E-state index contributed by atoms with van der Waals surface area (Å²) in [5.74, 6) is -0.331. The summed E-state index contributed by atoms with van der Waals surface area (Å²) in [6.45, 7) is 4.07. The second-order valence-electron chi connectivity index (χ2n) is 4.23. The maximum atomic E-state index is 13.2. The smallest absolute Gasteiger partial charge is 0.123 e. The van der Waals surface area contributed by atoms with Gasteiger partial charge in [0.1, 0.15) is 5.82 Å². The molecule has 0 spiro atoms. The molecule has 0 aliphatic rings. The average Bonchev–Trinajstić information content (AvgIpc) is 2.84. The molecule has 0 aliphatic carbocycles. The second-order valence-corrected chi connectivity index (χ2v) is 4.23. The summed E-state index contributed by atoms with van der Waals surface area (Å²) in [5, 5.41) is 12.2. The third-order valence-electron chi connectivity index (χ3n) is 2.78. The summed E-state index contributed by atoms with van der Waals surface area (Å²) in [5.41, 5.74) is 2.08. The maximum Gasteiger partial charge on any atom is 0.123 e. The summed E-state index contributed by atoms with van der Waals surface area (Å²) in [7, 11) is 0. The summed E-state index contributed by atoms with van der Waals surface area (Å²) < 4.78 is 15.1. The lowest BCUT2D eigenvalue weighted by molar-refractivity contribution is 0.623. The number of nitriles is 1. The Balaban J connectivity index is 2.15. The maximum absolute atomic E-state index is 13.2. The van der Waals surface area contributed by atoms with E-state index in [0.717, 1.165) is 12.2 Å². The molecule has 2 aromatic rings. The van der Waals surface area contributed by atoms with Gasteiger partial charge in [-0.3, -0.25) is 0 Å². The molecule has 0 aliphatic heterocycles. The molecule has 0 saturated carbocycles. The number of hydrogen-bond donors (Lipinski definition) is 1. The molecule has 5 heteroatoms. The first kappa shape index (κ1) is 13.2. The SMILES string of the molecule is CCNCc1cn(Cc2cc(F)ccc2C#N)cn1. The molecule has 4 nitrogen and oxygen atoms in total. The molecular weight excluding hydrogens is 243 g/mol. The monoisotopic (exact) mass is 258 g/mol. The van der Waals surface area contributed by atoms with Crippen molar-refractivity contribution in [1.82, 2.24) is 14.9 Å². The minimum atomic E-state index is -0.331. The highest BCUT2D eigenvalue weighted by Crippen LogP contribution is 2.12. The van der Waals surface area contributed by atoms with Gasteiger partial charge in [0.2, 0.25) is 0 Å². The van der Waals surface area contributed by atoms with E-state index in [1.54, 1.807) is 6.33 Å². The third-order valence-corrected chi connectivity index (χ3v) is 2.78. The zero-order valence-corrected chi connectivity index (χ0v) is 10.7. The highest BCUT2D eigenvalue weighted by atomic mass is 19.1. The van der Waals surface area contributed by atoms with Gasteiger partial charge < -0.3 is 9.88 Å². The van der Waals surface area contributed by atoms with Crippen molar-refractivity contribution in [1.29, 1.82) is 5.26 Å². The lowest BCUT2D eigenvalue weighted by Gasteiger charge is -2.05. The first-order valence-electron chi connectivity index (χ1n) is 6.13. The molecule has 0 radical (unpaired) electrons. The van der Waals surface area contributed by atoms with Crippen molar-refractivity contribution in [2.45, 2.75) is 20.0 Å². The first-order chi connectivity index (χ1) is 9.22. The number of imidazole rings is 1. The molecule has 1 aromatic heterocycles. The molecular formula is C14H15FN4. The predicted molar refractivity (Wildman–Crippen MR) is 69.8 cm³/mol. The number of rotatable bonds is 5. The van der Waals surface area contributed by atoms with E-state index in [9.17, 15) is 4.39 Å². The Morgan fingerprint density at radius 1 is 1.47 bits per heavy atom. The van der Waals surface area contributed by atoms with Gasteiger partial charge in [-0.2, -0.15) is 5.26 Å². The number of hydrogen-bond acceptors (Lipinski definition) is 3. The van der Waals surface area contributed by atoms with Gasteiger partial charge in [-0.25, -0.2) is 9.37 Å². The molecule has 0 saturated heterocycles.